The van der Waals surface area contributed by atoms with Crippen LogP contribution in [-0.2, 0) is 11.3 Å². The minimum Gasteiger partial charge on any atom is -0.398 e. The average molecular weight is 179 g/mol. The lowest BCUT2D eigenvalue weighted by Crippen LogP contribution is -2.08. The van der Waals surface area contributed by atoms with Gasteiger partial charge >= 0.3 is 0 Å². The zero-order valence-corrected chi connectivity index (χ0v) is 7.50. The van der Waals surface area contributed by atoms with Gasteiger partial charge in [0.1, 0.15) is 0 Å². The second-order valence-electron chi connectivity index (χ2n) is 2.80. The molecule has 0 fully saturated rings. The van der Waals surface area contributed by atoms with Crippen LogP contribution in [0.3, 0.4) is 0 Å². The number of anilines is 2. The molecule has 0 spiro atoms. The van der Waals surface area contributed by atoms with E-state index in [2.05, 4.69) is 5.32 Å². The number of carbonyl (C=O) groups excluding carboxylic acids is 1. The van der Waals surface area contributed by atoms with Crippen molar-refractivity contribution in [2.24, 2.45) is 5.73 Å². The van der Waals surface area contributed by atoms with Gasteiger partial charge in [0.15, 0.2) is 0 Å². The van der Waals surface area contributed by atoms with Gasteiger partial charge in [-0.15, -0.1) is 0 Å². The van der Waals surface area contributed by atoms with Crippen molar-refractivity contribution in [3.05, 3.63) is 23.8 Å². The fourth-order valence-corrected chi connectivity index (χ4v) is 1.06. The quantitative estimate of drug-likeness (QED) is 0.584. The maximum absolute atomic E-state index is 10.7. The molecule has 0 atom stereocenters. The number of hydrogen-bond donors (Lipinski definition) is 3. The number of hydrogen-bond acceptors (Lipinski definition) is 3. The summed E-state index contributed by atoms with van der Waals surface area (Å²) < 4.78 is 0. The first-order valence-electron chi connectivity index (χ1n) is 3.99. The Morgan fingerprint density at radius 3 is 2.77 bits per heavy atom. The van der Waals surface area contributed by atoms with Gasteiger partial charge in [0, 0.05) is 24.8 Å². The Morgan fingerprint density at radius 1 is 1.54 bits per heavy atom. The molecule has 70 valence electrons. The van der Waals surface area contributed by atoms with Crippen molar-refractivity contribution >= 4 is 17.3 Å². The molecule has 0 aliphatic rings. The largest absolute Gasteiger partial charge is 0.398 e. The van der Waals surface area contributed by atoms with Crippen LogP contribution in [0.4, 0.5) is 11.4 Å². The van der Waals surface area contributed by atoms with E-state index in [9.17, 15) is 4.79 Å². The van der Waals surface area contributed by atoms with Gasteiger partial charge in [0.05, 0.1) is 0 Å². The van der Waals surface area contributed by atoms with Crippen molar-refractivity contribution in [3.8, 4) is 0 Å². The highest BCUT2D eigenvalue weighted by molar-refractivity contribution is 5.89. The SMILES string of the molecule is CC(=O)Nc1ccc(N)c(CN)c1. The van der Waals surface area contributed by atoms with Gasteiger partial charge < -0.3 is 16.8 Å². The molecule has 0 saturated heterocycles. The Kier molecular flexibility index (Phi) is 2.87. The average Bonchev–Trinajstić information content (AvgIpc) is 2.07. The summed E-state index contributed by atoms with van der Waals surface area (Å²) in [5.74, 6) is -0.104. The number of nitrogen functional groups attached to an aromatic ring is 1. The van der Waals surface area contributed by atoms with Crippen molar-refractivity contribution < 1.29 is 4.79 Å². The fraction of sp³-hybridized carbons (Fsp3) is 0.222. The third-order valence-corrected chi connectivity index (χ3v) is 1.68. The Labute approximate surface area is 76.9 Å². The van der Waals surface area contributed by atoms with Crippen LogP contribution in [0.15, 0.2) is 18.2 Å². The summed E-state index contributed by atoms with van der Waals surface area (Å²) in [6.07, 6.45) is 0. The number of rotatable bonds is 2. The van der Waals surface area contributed by atoms with E-state index in [-0.39, 0.29) is 5.91 Å². The predicted octanol–water partition coefficient (Wildman–Crippen LogP) is 0.686. The van der Waals surface area contributed by atoms with E-state index < -0.39 is 0 Å². The van der Waals surface area contributed by atoms with Crippen molar-refractivity contribution in [2.75, 3.05) is 11.1 Å². The van der Waals surface area contributed by atoms with E-state index in [1.54, 1.807) is 18.2 Å². The first kappa shape index (κ1) is 9.54. The molecule has 0 bridgehead atoms. The molecular formula is C9H13N3O. The third-order valence-electron chi connectivity index (χ3n) is 1.68. The molecule has 1 aromatic carbocycles. The lowest BCUT2D eigenvalue weighted by Gasteiger charge is -2.06. The van der Waals surface area contributed by atoms with Crippen molar-refractivity contribution in [1.29, 1.82) is 0 Å². The van der Waals surface area contributed by atoms with Gasteiger partial charge in [-0.05, 0) is 23.8 Å². The standard InChI is InChI=1S/C9H13N3O/c1-6(13)12-8-2-3-9(11)7(4-8)5-10/h2-4H,5,10-11H2,1H3,(H,12,13). The van der Waals surface area contributed by atoms with Crippen LogP contribution < -0.4 is 16.8 Å². The lowest BCUT2D eigenvalue weighted by molar-refractivity contribution is -0.114. The number of amides is 1. The number of nitrogens with two attached hydrogens (primary N) is 2. The Bertz CT molecular complexity index is 323. The molecule has 0 aromatic heterocycles. The summed E-state index contributed by atoms with van der Waals surface area (Å²) in [5, 5.41) is 2.66. The second-order valence-corrected chi connectivity index (χ2v) is 2.80. The smallest absolute Gasteiger partial charge is 0.221 e. The van der Waals surface area contributed by atoms with Crippen molar-refractivity contribution in [3.63, 3.8) is 0 Å². The van der Waals surface area contributed by atoms with Crippen molar-refractivity contribution in [1.82, 2.24) is 0 Å². The monoisotopic (exact) mass is 179 g/mol. The Balaban J connectivity index is 2.92. The van der Waals surface area contributed by atoms with Crippen LogP contribution in [0, 0.1) is 0 Å². The van der Waals surface area contributed by atoms with E-state index in [4.69, 9.17) is 11.5 Å². The minimum absolute atomic E-state index is 0.104. The topological polar surface area (TPSA) is 81.1 Å². The van der Waals surface area contributed by atoms with Crippen LogP contribution in [0.5, 0.6) is 0 Å². The molecule has 0 aliphatic carbocycles. The van der Waals surface area contributed by atoms with Gasteiger partial charge in [-0.3, -0.25) is 4.79 Å². The van der Waals surface area contributed by atoms with Gasteiger partial charge in [-0.25, -0.2) is 0 Å². The van der Waals surface area contributed by atoms with E-state index in [1.165, 1.54) is 6.92 Å². The fourth-order valence-electron chi connectivity index (χ4n) is 1.06. The first-order chi connectivity index (χ1) is 6.13. The van der Waals surface area contributed by atoms with E-state index in [0.29, 0.717) is 12.2 Å². The van der Waals surface area contributed by atoms with E-state index in [0.717, 1.165) is 11.3 Å². The highest BCUT2D eigenvalue weighted by Crippen LogP contribution is 2.16. The summed E-state index contributed by atoms with van der Waals surface area (Å²) in [6.45, 7) is 1.83. The number of nitrogens with one attached hydrogen (secondary N) is 1. The van der Waals surface area contributed by atoms with Gasteiger partial charge in [-0.1, -0.05) is 0 Å². The van der Waals surface area contributed by atoms with Crippen LogP contribution in [0.2, 0.25) is 0 Å². The van der Waals surface area contributed by atoms with Gasteiger partial charge in [0.25, 0.3) is 0 Å². The summed E-state index contributed by atoms with van der Waals surface area (Å²) in [7, 11) is 0. The molecule has 5 N–H and O–H groups in total. The third kappa shape index (κ3) is 2.45. The molecule has 0 unspecified atom stereocenters. The molecule has 1 aromatic rings. The first-order valence-corrected chi connectivity index (χ1v) is 3.99. The molecule has 0 aliphatic heterocycles. The Hall–Kier alpha value is -1.55. The Morgan fingerprint density at radius 2 is 2.23 bits per heavy atom. The zero-order valence-electron chi connectivity index (χ0n) is 7.50. The molecule has 1 rings (SSSR count). The summed E-state index contributed by atoms with van der Waals surface area (Å²) >= 11 is 0. The van der Waals surface area contributed by atoms with Crippen molar-refractivity contribution in [2.45, 2.75) is 13.5 Å². The second kappa shape index (κ2) is 3.91. The molecule has 0 saturated carbocycles. The van der Waals surface area contributed by atoms with Gasteiger partial charge in [0.2, 0.25) is 5.91 Å². The minimum atomic E-state index is -0.104. The van der Waals surface area contributed by atoms with Crippen LogP contribution in [0.1, 0.15) is 12.5 Å². The lowest BCUT2D eigenvalue weighted by atomic mass is 10.1. The number of carbonyl (C=O) groups is 1. The summed E-state index contributed by atoms with van der Waals surface area (Å²) in [6, 6.07) is 5.25. The number of benzene rings is 1. The van der Waals surface area contributed by atoms with Crippen LogP contribution >= 0.6 is 0 Å². The molecule has 0 radical (unpaired) electrons. The van der Waals surface area contributed by atoms with E-state index >= 15 is 0 Å². The summed E-state index contributed by atoms with van der Waals surface area (Å²) in [5.41, 5.74) is 13.3. The van der Waals surface area contributed by atoms with Crippen LogP contribution in [0.25, 0.3) is 0 Å². The molecule has 0 heterocycles. The van der Waals surface area contributed by atoms with Gasteiger partial charge in [-0.2, -0.15) is 0 Å². The molecule has 1 amide bonds. The highest BCUT2D eigenvalue weighted by atomic mass is 16.1. The molecule has 4 heteroatoms. The molecular weight excluding hydrogens is 166 g/mol. The summed E-state index contributed by atoms with van der Waals surface area (Å²) in [4.78, 5) is 10.7. The normalized spacial score (nSPS) is 9.69. The van der Waals surface area contributed by atoms with Crippen LogP contribution in [-0.4, -0.2) is 5.91 Å². The maximum atomic E-state index is 10.7. The predicted molar refractivity (Wildman–Crippen MR) is 53.0 cm³/mol. The highest BCUT2D eigenvalue weighted by Gasteiger charge is 2.00. The maximum Gasteiger partial charge on any atom is 0.221 e. The zero-order chi connectivity index (χ0) is 9.84. The van der Waals surface area contributed by atoms with E-state index in [1.807, 2.05) is 0 Å². The molecule has 13 heavy (non-hydrogen) atoms. The molecule has 4 nitrogen and oxygen atoms in total.